The van der Waals surface area contributed by atoms with Crippen LogP contribution in [0.5, 0.6) is 0 Å². The summed E-state index contributed by atoms with van der Waals surface area (Å²) in [4.78, 5) is 18.2. The van der Waals surface area contributed by atoms with Crippen LogP contribution in [0, 0.1) is 0 Å². The number of hydrogen-bond donors (Lipinski definition) is 3. The summed E-state index contributed by atoms with van der Waals surface area (Å²) >= 11 is 0. The smallest absolute Gasteiger partial charge is 0.248 e. The highest BCUT2D eigenvalue weighted by Crippen LogP contribution is 2.20. The van der Waals surface area contributed by atoms with E-state index in [1.54, 1.807) is 13.1 Å². The molecule has 1 fully saturated rings. The number of amides is 1. The zero-order chi connectivity index (χ0) is 20.6. The molecule has 30 heavy (non-hydrogen) atoms. The Morgan fingerprint density at radius 1 is 1.17 bits per heavy atom. The minimum Gasteiger partial charge on any atom is -0.366 e. The number of halogens is 1. The van der Waals surface area contributed by atoms with Crippen molar-refractivity contribution < 1.29 is 4.79 Å². The lowest BCUT2D eigenvalue weighted by molar-refractivity contribution is 0.1000. The first-order valence-electron chi connectivity index (χ1n) is 10.2. The number of nitrogens with zero attached hydrogens (tertiary/aromatic N) is 2. The van der Waals surface area contributed by atoms with Gasteiger partial charge >= 0.3 is 0 Å². The van der Waals surface area contributed by atoms with Crippen molar-refractivity contribution in [1.82, 2.24) is 15.5 Å². The van der Waals surface area contributed by atoms with Crippen molar-refractivity contribution in [2.24, 2.45) is 10.7 Å². The fourth-order valence-electron chi connectivity index (χ4n) is 3.81. The van der Waals surface area contributed by atoms with Gasteiger partial charge in [-0.15, -0.1) is 24.0 Å². The number of carbonyl (C=O) groups is 1. The second-order valence-corrected chi connectivity index (χ2v) is 7.66. The van der Waals surface area contributed by atoms with Gasteiger partial charge in [0.25, 0.3) is 0 Å². The molecular formula is C23H32IN5O. The predicted molar refractivity (Wildman–Crippen MR) is 133 cm³/mol. The first kappa shape index (κ1) is 24.1. The molecule has 7 heteroatoms. The summed E-state index contributed by atoms with van der Waals surface area (Å²) in [5, 5.41) is 6.89. The SMILES string of the molecule is CN=C(NCc1cccc(C(N)=O)c1)NC1CCN(Cc2ccccc2)C(C)C1.I. The van der Waals surface area contributed by atoms with Gasteiger partial charge in [-0.05, 0) is 43.0 Å². The van der Waals surface area contributed by atoms with E-state index in [1.165, 1.54) is 5.56 Å². The van der Waals surface area contributed by atoms with Crippen LogP contribution in [0.4, 0.5) is 0 Å². The standard InChI is InChI=1S/C23H31N5O.HI/c1-17-13-21(11-12-28(17)16-18-7-4-3-5-8-18)27-23(25-2)26-15-19-9-6-10-20(14-19)22(24)29;/h3-10,14,17,21H,11-13,15-16H2,1-2H3,(H2,24,29)(H2,25,26,27);1H. The fourth-order valence-corrected chi connectivity index (χ4v) is 3.81. The predicted octanol–water partition coefficient (Wildman–Crippen LogP) is 3.12. The average Bonchev–Trinajstić information content (AvgIpc) is 2.74. The summed E-state index contributed by atoms with van der Waals surface area (Å²) < 4.78 is 0. The van der Waals surface area contributed by atoms with Gasteiger partial charge in [-0.1, -0.05) is 42.5 Å². The number of hydrogen-bond acceptors (Lipinski definition) is 3. The number of nitrogens with two attached hydrogens (primary N) is 1. The third-order valence-corrected chi connectivity index (χ3v) is 5.48. The van der Waals surface area contributed by atoms with Crippen LogP contribution in [0.25, 0.3) is 0 Å². The molecule has 1 amide bonds. The van der Waals surface area contributed by atoms with E-state index < -0.39 is 5.91 Å². The average molecular weight is 521 g/mol. The molecule has 0 saturated carbocycles. The molecule has 162 valence electrons. The van der Waals surface area contributed by atoms with E-state index in [1.807, 2.05) is 18.2 Å². The molecule has 1 aliphatic rings. The van der Waals surface area contributed by atoms with Crippen LogP contribution in [0.1, 0.15) is 41.3 Å². The van der Waals surface area contributed by atoms with Gasteiger partial charge in [0.05, 0.1) is 0 Å². The summed E-state index contributed by atoms with van der Waals surface area (Å²) in [5.74, 6) is 0.369. The molecule has 2 aromatic rings. The van der Waals surface area contributed by atoms with E-state index in [2.05, 4.69) is 57.8 Å². The van der Waals surface area contributed by atoms with Crippen LogP contribution < -0.4 is 16.4 Å². The van der Waals surface area contributed by atoms with Gasteiger partial charge < -0.3 is 16.4 Å². The highest BCUT2D eigenvalue weighted by molar-refractivity contribution is 14.0. The van der Waals surface area contributed by atoms with E-state index in [-0.39, 0.29) is 24.0 Å². The molecule has 6 nitrogen and oxygen atoms in total. The molecule has 2 aromatic carbocycles. The van der Waals surface area contributed by atoms with E-state index in [9.17, 15) is 4.79 Å². The molecule has 2 atom stereocenters. The number of likely N-dealkylation sites (tertiary alicyclic amines) is 1. The lowest BCUT2D eigenvalue weighted by Gasteiger charge is -2.38. The van der Waals surface area contributed by atoms with Crippen molar-refractivity contribution in [3.63, 3.8) is 0 Å². The molecule has 0 aliphatic carbocycles. The lowest BCUT2D eigenvalue weighted by atomic mass is 9.97. The number of aliphatic imine (C=N–C) groups is 1. The van der Waals surface area contributed by atoms with Crippen LogP contribution >= 0.6 is 24.0 Å². The summed E-state index contributed by atoms with van der Waals surface area (Å²) in [6.07, 6.45) is 2.15. The van der Waals surface area contributed by atoms with Gasteiger partial charge in [0, 0.05) is 44.3 Å². The van der Waals surface area contributed by atoms with Gasteiger partial charge in [0.15, 0.2) is 5.96 Å². The Morgan fingerprint density at radius 3 is 2.57 bits per heavy atom. The Labute approximate surface area is 196 Å². The summed E-state index contributed by atoms with van der Waals surface area (Å²) in [7, 11) is 1.78. The van der Waals surface area contributed by atoms with Gasteiger partial charge in [0.2, 0.25) is 5.91 Å². The molecule has 0 bridgehead atoms. The minimum atomic E-state index is -0.411. The molecular weight excluding hydrogens is 489 g/mol. The zero-order valence-electron chi connectivity index (χ0n) is 17.7. The van der Waals surface area contributed by atoms with Crippen molar-refractivity contribution in [1.29, 1.82) is 0 Å². The van der Waals surface area contributed by atoms with Crippen LogP contribution in [0.3, 0.4) is 0 Å². The monoisotopic (exact) mass is 521 g/mol. The third kappa shape index (κ3) is 6.98. The maximum atomic E-state index is 11.3. The molecule has 0 aromatic heterocycles. The molecule has 2 unspecified atom stereocenters. The number of benzene rings is 2. The minimum absolute atomic E-state index is 0. The van der Waals surface area contributed by atoms with Crippen LogP contribution in [-0.4, -0.2) is 42.4 Å². The second-order valence-electron chi connectivity index (χ2n) is 7.66. The largest absolute Gasteiger partial charge is 0.366 e. The third-order valence-electron chi connectivity index (χ3n) is 5.48. The number of rotatable bonds is 6. The number of piperidine rings is 1. The summed E-state index contributed by atoms with van der Waals surface area (Å²) in [6.45, 7) is 4.94. The highest BCUT2D eigenvalue weighted by atomic mass is 127. The lowest BCUT2D eigenvalue weighted by Crippen LogP contribution is -2.51. The Kier molecular flexibility index (Phi) is 9.58. The van der Waals surface area contributed by atoms with Crippen molar-refractivity contribution in [3.05, 3.63) is 71.3 Å². The van der Waals surface area contributed by atoms with Gasteiger partial charge in [-0.25, -0.2) is 0 Å². The Balaban J connectivity index is 0.00000320. The number of primary amides is 1. The Morgan fingerprint density at radius 2 is 1.90 bits per heavy atom. The van der Waals surface area contributed by atoms with Crippen molar-refractivity contribution in [3.8, 4) is 0 Å². The Bertz CT molecular complexity index is 842. The van der Waals surface area contributed by atoms with Gasteiger partial charge in [-0.2, -0.15) is 0 Å². The first-order chi connectivity index (χ1) is 14.0. The normalized spacial score (nSPS) is 19.6. The fraction of sp³-hybridized carbons (Fsp3) is 0.391. The quantitative estimate of drug-likeness (QED) is 0.310. The second kappa shape index (κ2) is 11.9. The van der Waals surface area contributed by atoms with Crippen molar-refractivity contribution in [2.45, 2.75) is 44.9 Å². The maximum absolute atomic E-state index is 11.3. The van der Waals surface area contributed by atoms with E-state index in [4.69, 9.17) is 5.73 Å². The summed E-state index contributed by atoms with van der Waals surface area (Å²) in [6, 6.07) is 18.9. The maximum Gasteiger partial charge on any atom is 0.248 e. The van der Waals surface area contributed by atoms with Gasteiger partial charge in [0.1, 0.15) is 0 Å². The molecule has 0 spiro atoms. The molecule has 1 aliphatic heterocycles. The van der Waals surface area contributed by atoms with E-state index in [0.717, 1.165) is 37.5 Å². The number of guanidine groups is 1. The first-order valence-corrected chi connectivity index (χ1v) is 10.2. The van der Waals surface area contributed by atoms with Crippen LogP contribution in [-0.2, 0) is 13.1 Å². The van der Waals surface area contributed by atoms with E-state index in [0.29, 0.717) is 24.2 Å². The number of carbonyl (C=O) groups excluding carboxylic acids is 1. The summed E-state index contributed by atoms with van der Waals surface area (Å²) in [5.41, 5.74) is 8.24. The topological polar surface area (TPSA) is 82.7 Å². The zero-order valence-corrected chi connectivity index (χ0v) is 20.0. The van der Waals surface area contributed by atoms with Crippen molar-refractivity contribution >= 4 is 35.8 Å². The highest BCUT2D eigenvalue weighted by Gasteiger charge is 2.25. The van der Waals surface area contributed by atoms with Gasteiger partial charge in [-0.3, -0.25) is 14.7 Å². The molecule has 3 rings (SSSR count). The van der Waals surface area contributed by atoms with Crippen LogP contribution in [0.2, 0.25) is 0 Å². The Hall–Kier alpha value is -2.13. The van der Waals surface area contributed by atoms with Crippen molar-refractivity contribution in [2.75, 3.05) is 13.6 Å². The molecule has 0 radical (unpaired) electrons. The molecule has 1 saturated heterocycles. The molecule has 4 N–H and O–H groups in total. The van der Waals surface area contributed by atoms with E-state index >= 15 is 0 Å². The number of nitrogens with one attached hydrogen (secondary N) is 2. The van der Waals surface area contributed by atoms with Crippen LogP contribution in [0.15, 0.2) is 59.6 Å². The molecule has 1 heterocycles.